The Morgan fingerprint density at radius 2 is 2.17 bits per heavy atom. The number of rotatable bonds is 6. The van der Waals surface area contributed by atoms with Gasteiger partial charge in [-0.3, -0.25) is 9.59 Å². The molecule has 5 heteroatoms. The molecule has 18 heavy (non-hydrogen) atoms. The first kappa shape index (κ1) is 15.0. The molecule has 0 radical (unpaired) electrons. The highest BCUT2D eigenvalue weighted by molar-refractivity contribution is 5.88. The molecule has 2 amide bonds. The van der Waals surface area contributed by atoms with Crippen molar-refractivity contribution in [2.24, 2.45) is 11.7 Å². The van der Waals surface area contributed by atoms with E-state index in [1.54, 1.807) is 11.9 Å². The lowest BCUT2D eigenvalue weighted by Crippen LogP contribution is -2.44. The maximum Gasteiger partial charge on any atom is 0.242 e. The van der Waals surface area contributed by atoms with E-state index in [1.807, 2.05) is 0 Å². The van der Waals surface area contributed by atoms with E-state index in [0.29, 0.717) is 25.4 Å². The Labute approximate surface area is 109 Å². The van der Waals surface area contributed by atoms with Crippen molar-refractivity contribution >= 4 is 11.8 Å². The van der Waals surface area contributed by atoms with Crippen LogP contribution in [0.15, 0.2) is 0 Å². The minimum atomic E-state index is -0.257. The number of carbonyl (C=O) groups excluding carboxylic acids is 2. The lowest BCUT2D eigenvalue weighted by molar-refractivity contribution is -0.138. The first-order valence-electron chi connectivity index (χ1n) is 6.81. The van der Waals surface area contributed by atoms with Crippen molar-refractivity contribution in [2.75, 3.05) is 20.1 Å². The summed E-state index contributed by atoms with van der Waals surface area (Å²) in [5, 5.41) is 2.63. The summed E-state index contributed by atoms with van der Waals surface area (Å²) in [4.78, 5) is 25.5. The van der Waals surface area contributed by atoms with Crippen LogP contribution in [0.4, 0.5) is 0 Å². The van der Waals surface area contributed by atoms with Gasteiger partial charge in [0, 0.05) is 20.0 Å². The molecule has 0 aromatic heterocycles. The Morgan fingerprint density at radius 3 is 2.78 bits per heavy atom. The Morgan fingerprint density at radius 1 is 1.44 bits per heavy atom. The van der Waals surface area contributed by atoms with Crippen LogP contribution in [-0.2, 0) is 9.59 Å². The molecule has 5 nitrogen and oxygen atoms in total. The van der Waals surface area contributed by atoms with Gasteiger partial charge >= 0.3 is 0 Å². The van der Waals surface area contributed by atoms with Crippen molar-refractivity contribution in [3.63, 3.8) is 0 Å². The summed E-state index contributed by atoms with van der Waals surface area (Å²) >= 11 is 0. The predicted octanol–water partition coefficient (Wildman–Crippen LogP) is 0.489. The van der Waals surface area contributed by atoms with Crippen molar-refractivity contribution in [3.8, 4) is 0 Å². The fourth-order valence-corrected chi connectivity index (χ4v) is 2.45. The van der Waals surface area contributed by atoms with Crippen molar-refractivity contribution in [3.05, 3.63) is 0 Å². The van der Waals surface area contributed by atoms with Crippen molar-refractivity contribution in [2.45, 2.75) is 45.1 Å². The van der Waals surface area contributed by atoms with Gasteiger partial charge in [0.1, 0.15) is 6.04 Å². The lowest BCUT2D eigenvalue weighted by Gasteiger charge is -2.24. The second kappa shape index (κ2) is 7.36. The summed E-state index contributed by atoms with van der Waals surface area (Å²) < 4.78 is 0. The molecule has 1 heterocycles. The summed E-state index contributed by atoms with van der Waals surface area (Å²) in [6.45, 7) is 3.49. The second-order valence-electron chi connectivity index (χ2n) is 5.08. The normalized spacial score (nSPS) is 20.8. The zero-order valence-electron chi connectivity index (χ0n) is 11.4. The van der Waals surface area contributed by atoms with Crippen LogP contribution < -0.4 is 11.1 Å². The van der Waals surface area contributed by atoms with Gasteiger partial charge in [-0.1, -0.05) is 6.92 Å². The van der Waals surface area contributed by atoms with Gasteiger partial charge in [-0.05, 0) is 38.1 Å². The molecule has 0 spiro atoms. The Hall–Kier alpha value is -1.10. The van der Waals surface area contributed by atoms with Crippen LogP contribution >= 0.6 is 0 Å². The molecule has 1 aliphatic heterocycles. The molecule has 0 aromatic carbocycles. The smallest absolute Gasteiger partial charge is 0.242 e. The van der Waals surface area contributed by atoms with E-state index >= 15 is 0 Å². The van der Waals surface area contributed by atoms with Crippen LogP contribution in [0.5, 0.6) is 0 Å². The Balaban J connectivity index is 2.43. The first-order chi connectivity index (χ1) is 8.60. The fourth-order valence-electron chi connectivity index (χ4n) is 2.45. The number of carbonyl (C=O) groups is 2. The summed E-state index contributed by atoms with van der Waals surface area (Å²) in [5.74, 6) is 0.529. The first-order valence-corrected chi connectivity index (χ1v) is 6.81. The number of hydrogen-bond acceptors (Lipinski definition) is 3. The largest absolute Gasteiger partial charge is 0.357 e. The highest BCUT2D eigenvalue weighted by Gasteiger charge is 2.33. The van der Waals surface area contributed by atoms with Crippen LogP contribution in [0.2, 0.25) is 0 Å². The summed E-state index contributed by atoms with van der Waals surface area (Å²) in [7, 11) is 1.62. The molecule has 0 bridgehead atoms. The molecule has 0 aliphatic carbocycles. The third-order valence-electron chi connectivity index (χ3n) is 3.63. The zero-order valence-corrected chi connectivity index (χ0v) is 11.4. The number of hydrogen-bond donors (Lipinski definition) is 2. The average molecular weight is 255 g/mol. The minimum absolute atomic E-state index is 0.0455. The SMILES string of the molecule is CNC(=O)C1CCCN1C(=O)CCC(C)CCN. The van der Waals surface area contributed by atoms with Gasteiger partial charge in [-0.15, -0.1) is 0 Å². The molecule has 104 valence electrons. The number of amides is 2. The molecule has 2 atom stereocenters. The van der Waals surface area contributed by atoms with Crippen molar-refractivity contribution in [1.82, 2.24) is 10.2 Å². The maximum absolute atomic E-state index is 12.1. The van der Waals surface area contributed by atoms with Crippen LogP contribution in [0, 0.1) is 5.92 Å². The van der Waals surface area contributed by atoms with Crippen LogP contribution in [-0.4, -0.2) is 42.9 Å². The molecule has 1 aliphatic rings. The highest BCUT2D eigenvalue weighted by atomic mass is 16.2. The van der Waals surface area contributed by atoms with Gasteiger partial charge in [-0.2, -0.15) is 0 Å². The Kier molecular flexibility index (Phi) is 6.12. The van der Waals surface area contributed by atoms with Crippen LogP contribution in [0.1, 0.15) is 39.0 Å². The molecule has 2 unspecified atom stereocenters. The summed E-state index contributed by atoms with van der Waals surface area (Å²) in [6.07, 6.45) is 4.03. The van der Waals surface area contributed by atoms with Crippen molar-refractivity contribution < 1.29 is 9.59 Å². The van der Waals surface area contributed by atoms with E-state index in [0.717, 1.165) is 25.7 Å². The fraction of sp³-hybridized carbons (Fsp3) is 0.846. The topological polar surface area (TPSA) is 75.4 Å². The standard InChI is InChI=1S/C13H25N3O2/c1-10(7-8-14)5-6-12(17)16-9-3-4-11(16)13(18)15-2/h10-11H,3-9,14H2,1-2H3,(H,15,18). The van der Waals surface area contributed by atoms with E-state index in [4.69, 9.17) is 5.73 Å². The Bertz CT molecular complexity index is 294. The molecular formula is C13H25N3O2. The number of nitrogens with one attached hydrogen (secondary N) is 1. The quantitative estimate of drug-likeness (QED) is 0.725. The lowest BCUT2D eigenvalue weighted by atomic mass is 10.0. The second-order valence-corrected chi connectivity index (χ2v) is 5.08. The van der Waals surface area contributed by atoms with Gasteiger partial charge in [0.2, 0.25) is 11.8 Å². The summed E-state index contributed by atoms with van der Waals surface area (Å²) in [5.41, 5.74) is 5.49. The van der Waals surface area contributed by atoms with Gasteiger partial charge in [0.25, 0.3) is 0 Å². The third-order valence-corrected chi connectivity index (χ3v) is 3.63. The van der Waals surface area contributed by atoms with Gasteiger partial charge in [0.05, 0.1) is 0 Å². The third kappa shape index (κ3) is 3.98. The molecule has 1 saturated heterocycles. The monoisotopic (exact) mass is 255 g/mol. The van der Waals surface area contributed by atoms with Gasteiger partial charge in [0.15, 0.2) is 0 Å². The van der Waals surface area contributed by atoms with E-state index in [2.05, 4.69) is 12.2 Å². The van der Waals surface area contributed by atoms with Gasteiger partial charge in [-0.25, -0.2) is 0 Å². The van der Waals surface area contributed by atoms with E-state index < -0.39 is 0 Å². The van der Waals surface area contributed by atoms with E-state index in [9.17, 15) is 9.59 Å². The summed E-state index contributed by atoms with van der Waals surface area (Å²) in [6, 6.07) is -0.257. The van der Waals surface area contributed by atoms with Crippen LogP contribution in [0.3, 0.4) is 0 Å². The molecule has 0 saturated carbocycles. The van der Waals surface area contributed by atoms with E-state index in [-0.39, 0.29) is 17.9 Å². The number of likely N-dealkylation sites (tertiary alicyclic amines) is 1. The van der Waals surface area contributed by atoms with Gasteiger partial charge < -0.3 is 16.0 Å². The minimum Gasteiger partial charge on any atom is -0.357 e. The average Bonchev–Trinajstić information content (AvgIpc) is 2.84. The predicted molar refractivity (Wildman–Crippen MR) is 70.9 cm³/mol. The molecule has 0 aromatic rings. The zero-order chi connectivity index (χ0) is 13.5. The molecule has 3 N–H and O–H groups in total. The number of nitrogens with zero attached hydrogens (tertiary/aromatic N) is 1. The number of nitrogens with two attached hydrogens (primary N) is 1. The molecule has 1 fully saturated rings. The highest BCUT2D eigenvalue weighted by Crippen LogP contribution is 2.20. The number of likely N-dealkylation sites (N-methyl/N-ethyl adjacent to an activating group) is 1. The maximum atomic E-state index is 12.1. The van der Waals surface area contributed by atoms with Crippen molar-refractivity contribution in [1.29, 1.82) is 0 Å². The van der Waals surface area contributed by atoms with E-state index in [1.165, 1.54) is 0 Å². The molecule has 1 rings (SSSR count). The molecular weight excluding hydrogens is 230 g/mol. The van der Waals surface area contributed by atoms with Crippen LogP contribution in [0.25, 0.3) is 0 Å².